The Labute approximate surface area is 340 Å². The van der Waals surface area contributed by atoms with Crippen molar-refractivity contribution in [1.82, 2.24) is 0 Å². The van der Waals surface area contributed by atoms with Gasteiger partial charge < -0.3 is 9.32 Å². The minimum atomic E-state index is -0.114. The Bertz CT molecular complexity index is 3420. The van der Waals surface area contributed by atoms with E-state index in [4.69, 9.17) is 4.42 Å². The predicted octanol–water partition coefficient (Wildman–Crippen LogP) is 16.2. The summed E-state index contributed by atoms with van der Waals surface area (Å²) < 4.78 is 9.67. The Morgan fingerprint density at radius 2 is 1.16 bits per heavy atom. The second-order valence-corrected chi connectivity index (χ2v) is 17.1. The molecule has 12 rings (SSSR count). The molecule has 0 N–H and O–H groups in total. The largest absolute Gasteiger partial charge is 0.455 e. The van der Waals surface area contributed by atoms with Crippen molar-refractivity contribution in [2.45, 2.75) is 19.3 Å². The second-order valence-electron chi connectivity index (χ2n) is 16.0. The van der Waals surface area contributed by atoms with E-state index >= 15 is 0 Å². The quantitative estimate of drug-likeness (QED) is 0.174. The van der Waals surface area contributed by atoms with Crippen molar-refractivity contribution in [2.75, 3.05) is 4.90 Å². The maximum absolute atomic E-state index is 7.13. The Kier molecular flexibility index (Phi) is 7.18. The first kappa shape index (κ1) is 33.2. The van der Waals surface area contributed by atoms with Gasteiger partial charge in [-0.1, -0.05) is 153 Å². The first-order valence-electron chi connectivity index (χ1n) is 20.0. The van der Waals surface area contributed by atoms with E-state index in [9.17, 15) is 0 Å². The highest BCUT2D eigenvalue weighted by molar-refractivity contribution is 7.26. The highest BCUT2D eigenvalue weighted by atomic mass is 32.1. The molecule has 2 aromatic heterocycles. The van der Waals surface area contributed by atoms with Gasteiger partial charge in [-0.2, -0.15) is 0 Å². The molecule has 1 aliphatic rings. The lowest BCUT2D eigenvalue weighted by Crippen LogP contribution is -2.14. The molecule has 2 heterocycles. The average Bonchev–Trinajstić information content (AvgIpc) is 3.91. The molecule has 58 heavy (non-hydrogen) atoms. The minimum Gasteiger partial charge on any atom is -0.455 e. The van der Waals surface area contributed by atoms with Gasteiger partial charge >= 0.3 is 0 Å². The molecular weight excluding hydrogens is 723 g/mol. The Morgan fingerprint density at radius 3 is 2.03 bits per heavy atom. The van der Waals surface area contributed by atoms with Crippen LogP contribution in [0.5, 0.6) is 0 Å². The molecule has 0 atom stereocenters. The molecule has 0 amide bonds. The van der Waals surface area contributed by atoms with Crippen molar-refractivity contribution in [2.24, 2.45) is 0 Å². The van der Waals surface area contributed by atoms with E-state index in [2.05, 4.69) is 207 Å². The van der Waals surface area contributed by atoms with E-state index in [-0.39, 0.29) is 5.41 Å². The van der Waals surface area contributed by atoms with Crippen LogP contribution in [0.4, 0.5) is 17.1 Å². The zero-order chi connectivity index (χ0) is 38.5. The molecule has 0 aliphatic heterocycles. The van der Waals surface area contributed by atoms with Crippen LogP contribution in [0.15, 0.2) is 192 Å². The fourth-order valence-corrected chi connectivity index (χ4v) is 10.9. The summed E-state index contributed by atoms with van der Waals surface area (Å²) in [6.45, 7) is 4.71. The molecule has 9 aromatic carbocycles. The lowest BCUT2D eigenvalue weighted by molar-refractivity contribution is 0.660. The van der Waals surface area contributed by atoms with Crippen molar-refractivity contribution in [3.63, 3.8) is 0 Å². The van der Waals surface area contributed by atoms with Gasteiger partial charge in [0.2, 0.25) is 0 Å². The van der Waals surface area contributed by atoms with E-state index in [0.717, 1.165) is 44.6 Å². The number of anilines is 3. The number of hydrogen-bond acceptors (Lipinski definition) is 3. The Morgan fingerprint density at radius 1 is 0.483 bits per heavy atom. The van der Waals surface area contributed by atoms with Crippen molar-refractivity contribution >= 4 is 81.3 Å². The molecule has 11 aromatic rings. The molecule has 0 fully saturated rings. The smallest absolute Gasteiger partial charge is 0.143 e. The third-order valence-electron chi connectivity index (χ3n) is 12.5. The van der Waals surface area contributed by atoms with Crippen molar-refractivity contribution in [1.29, 1.82) is 0 Å². The summed E-state index contributed by atoms with van der Waals surface area (Å²) in [5, 5.41) is 7.14. The molecular formula is C55H37NOS. The number of fused-ring (bicyclic) bond motifs is 10. The SMILES string of the molecule is CC1(C)c2ccccc2-c2ccc(-c3c4ccccc4cc4c3oc3cccc(N(c5ccc(-c6ccccc6)cc5)c5cccc6c5sc5ccccc56)c34)cc21. The Balaban J connectivity index is 1.13. The summed E-state index contributed by atoms with van der Waals surface area (Å²) in [6.07, 6.45) is 0. The maximum atomic E-state index is 7.13. The summed E-state index contributed by atoms with van der Waals surface area (Å²) >= 11 is 1.86. The van der Waals surface area contributed by atoms with Gasteiger partial charge in [-0.15, -0.1) is 11.3 Å². The molecule has 1 aliphatic carbocycles. The minimum absolute atomic E-state index is 0.114. The number of thiophene rings is 1. The summed E-state index contributed by atoms with van der Waals surface area (Å²) in [4.78, 5) is 2.45. The fourth-order valence-electron chi connectivity index (χ4n) is 9.69. The van der Waals surface area contributed by atoms with Gasteiger partial charge in [0.25, 0.3) is 0 Å². The summed E-state index contributed by atoms with van der Waals surface area (Å²) in [7, 11) is 0. The van der Waals surface area contributed by atoms with E-state index in [1.165, 1.54) is 69.9 Å². The van der Waals surface area contributed by atoms with Gasteiger partial charge in [0.15, 0.2) is 0 Å². The number of rotatable bonds is 5. The van der Waals surface area contributed by atoms with Gasteiger partial charge in [0.1, 0.15) is 11.2 Å². The van der Waals surface area contributed by atoms with Crippen LogP contribution in [0.3, 0.4) is 0 Å². The van der Waals surface area contributed by atoms with Crippen LogP contribution < -0.4 is 4.90 Å². The number of furan rings is 1. The summed E-state index contributed by atoms with van der Waals surface area (Å²) in [5.74, 6) is 0. The zero-order valence-corrected chi connectivity index (χ0v) is 33.0. The van der Waals surface area contributed by atoms with Gasteiger partial charge in [0.05, 0.1) is 21.5 Å². The molecule has 0 radical (unpaired) electrons. The van der Waals surface area contributed by atoms with Gasteiger partial charge in [0, 0.05) is 37.5 Å². The van der Waals surface area contributed by atoms with Gasteiger partial charge in [-0.3, -0.25) is 0 Å². The Hall–Kier alpha value is -6.94. The number of benzene rings is 9. The first-order chi connectivity index (χ1) is 28.5. The highest BCUT2D eigenvalue weighted by Crippen LogP contribution is 2.53. The van der Waals surface area contributed by atoms with Gasteiger partial charge in [-0.05, 0) is 98.2 Å². The van der Waals surface area contributed by atoms with E-state index in [0.29, 0.717) is 0 Å². The van der Waals surface area contributed by atoms with Crippen LogP contribution in [0.25, 0.3) is 86.3 Å². The van der Waals surface area contributed by atoms with Gasteiger partial charge in [-0.25, -0.2) is 0 Å². The second kappa shape index (κ2) is 12.5. The lowest BCUT2D eigenvalue weighted by atomic mass is 9.81. The fraction of sp³-hybridized carbons (Fsp3) is 0.0545. The van der Waals surface area contributed by atoms with Crippen molar-refractivity contribution < 1.29 is 4.42 Å². The standard InChI is InChI=1S/C55H37NOS/c1-55(2)45-21-10-8-18-40(45)41-31-28-37(33-46(41)55)51-39-17-7-6-16-36(39)32-44-52-47(22-13-24-49(52)57-53(44)51)56(38-29-26-35(27-30-38)34-14-4-3-5-15-34)48-23-12-20-43-42-19-9-11-25-50(42)58-54(43)48/h3-33H,1-2H3. The van der Waals surface area contributed by atoms with Crippen LogP contribution in [-0.2, 0) is 5.41 Å². The average molecular weight is 760 g/mol. The third-order valence-corrected chi connectivity index (χ3v) is 13.7. The molecule has 0 unspecified atom stereocenters. The molecule has 3 heteroatoms. The van der Waals surface area contributed by atoms with Crippen molar-refractivity contribution in [3.8, 4) is 33.4 Å². The maximum Gasteiger partial charge on any atom is 0.143 e. The normalized spacial score (nSPS) is 13.1. The van der Waals surface area contributed by atoms with Crippen LogP contribution >= 0.6 is 11.3 Å². The zero-order valence-electron chi connectivity index (χ0n) is 32.2. The van der Waals surface area contributed by atoms with E-state index in [1.54, 1.807) is 0 Å². The number of hydrogen-bond donors (Lipinski definition) is 0. The molecule has 0 spiro atoms. The van der Waals surface area contributed by atoms with Crippen LogP contribution in [-0.4, -0.2) is 0 Å². The monoisotopic (exact) mass is 759 g/mol. The van der Waals surface area contributed by atoms with Crippen LogP contribution in [0, 0.1) is 0 Å². The summed E-state index contributed by atoms with van der Waals surface area (Å²) in [5.41, 5.74) is 15.1. The molecule has 2 nitrogen and oxygen atoms in total. The molecule has 274 valence electrons. The van der Waals surface area contributed by atoms with Crippen LogP contribution in [0.2, 0.25) is 0 Å². The third kappa shape index (κ3) is 4.84. The van der Waals surface area contributed by atoms with E-state index < -0.39 is 0 Å². The number of nitrogens with zero attached hydrogens (tertiary/aromatic N) is 1. The van der Waals surface area contributed by atoms with Crippen molar-refractivity contribution in [3.05, 3.63) is 199 Å². The molecule has 0 bridgehead atoms. The summed E-state index contributed by atoms with van der Waals surface area (Å²) in [6, 6.07) is 68.7. The molecule has 0 saturated heterocycles. The molecule has 0 saturated carbocycles. The lowest BCUT2D eigenvalue weighted by Gasteiger charge is -2.27. The van der Waals surface area contributed by atoms with E-state index in [1.807, 2.05) is 11.3 Å². The topological polar surface area (TPSA) is 16.4 Å². The highest BCUT2D eigenvalue weighted by Gasteiger charge is 2.35. The van der Waals surface area contributed by atoms with Crippen LogP contribution in [0.1, 0.15) is 25.0 Å². The first-order valence-corrected chi connectivity index (χ1v) is 20.8. The predicted molar refractivity (Wildman–Crippen MR) is 247 cm³/mol.